The summed E-state index contributed by atoms with van der Waals surface area (Å²) in [6.45, 7) is 3.91. The Bertz CT molecular complexity index is 1070. The van der Waals surface area contributed by atoms with Crippen molar-refractivity contribution in [1.82, 2.24) is 14.9 Å². The highest BCUT2D eigenvalue weighted by Crippen LogP contribution is 2.35. The van der Waals surface area contributed by atoms with Gasteiger partial charge < -0.3 is 4.42 Å². The average Bonchev–Trinajstić information content (AvgIpc) is 3.43. The minimum Gasteiger partial charge on any atom is -0.441 e. The number of hydrogen-bond acceptors (Lipinski definition) is 5. The summed E-state index contributed by atoms with van der Waals surface area (Å²) in [5.74, 6) is 1.62. The van der Waals surface area contributed by atoms with Crippen LogP contribution in [0.3, 0.4) is 0 Å². The first-order valence-corrected chi connectivity index (χ1v) is 10.3. The van der Waals surface area contributed by atoms with E-state index in [1.807, 2.05) is 13.1 Å². The van der Waals surface area contributed by atoms with E-state index in [0.29, 0.717) is 11.9 Å². The standard InChI is InChI=1S/C22H21N3OS/c1-15-19(14-25-12-5-10-20(25)22-23-11-13-27-22)24-21(26-15)18-9-4-7-16-6-2-3-8-17(16)18/h2-4,6-9,11,13,20H,5,10,12,14H2,1H3/t20-/m1/s1. The van der Waals surface area contributed by atoms with Gasteiger partial charge >= 0.3 is 0 Å². The fourth-order valence-corrected chi connectivity index (χ4v) is 4.80. The molecule has 0 radical (unpaired) electrons. The van der Waals surface area contributed by atoms with Crippen molar-refractivity contribution < 1.29 is 4.42 Å². The molecule has 1 fully saturated rings. The van der Waals surface area contributed by atoms with E-state index < -0.39 is 0 Å². The number of aromatic nitrogens is 2. The molecule has 0 N–H and O–H groups in total. The maximum atomic E-state index is 6.09. The van der Waals surface area contributed by atoms with Crippen molar-refractivity contribution in [2.24, 2.45) is 0 Å². The zero-order chi connectivity index (χ0) is 18.2. The van der Waals surface area contributed by atoms with Crippen molar-refractivity contribution in [3.05, 3.63) is 70.5 Å². The quantitative estimate of drug-likeness (QED) is 0.466. The number of rotatable bonds is 4. The number of hydrogen-bond donors (Lipinski definition) is 0. The van der Waals surface area contributed by atoms with Gasteiger partial charge in [0.15, 0.2) is 0 Å². The van der Waals surface area contributed by atoms with Gasteiger partial charge in [-0.3, -0.25) is 4.90 Å². The zero-order valence-corrected chi connectivity index (χ0v) is 16.1. The summed E-state index contributed by atoms with van der Waals surface area (Å²) in [5.41, 5.74) is 2.08. The Morgan fingerprint density at radius 3 is 2.96 bits per heavy atom. The van der Waals surface area contributed by atoms with Crippen LogP contribution in [-0.4, -0.2) is 21.4 Å². The lowest BCUT2D eigenvalue weighted by molar-refractivity contribution is 0.244. The molecule has 5 heteroatoms. The van der Waals surface area contributed by atoms with Gasteiger partial charge in [-0.2, -0.15) is 0 Å². The third kappa shape index (κ3) is 3.07. The molecule has 3 heterocycles. The van der Waals surface area contributed by atoms with E-state index in [1.165, 1.54) is 28.6 Å². The highest BCUT2D eigenvalue weighted by atomic mass is 32.1. The van der Waals surface area contributed by atoms with Crippen molar-refractivity contribution in [3.63, 3.8) is 0 Å². The van der Waals surface area contributed by atoms with E-state index in [0.717, 1.165) is 30.1 Å². The lowest BCUT2D eigenvalue weighted by Crippen LogP contribution is -2.23. The number of fused-ring (bicyclic) bond motifs is 1. The second kappa shape index (κ2) is 6.91. The molecule has 0 amide bonds. The predicted molar refractivity (Wildman–Crippen MR) is 109 cm³/mol. The Morgan fingerprint density at radius 2 is 2.07 bits per heavy atom. The van der Waals surface area contributed by atoms with Crippen molar-refractivity contribution in [3.8, 4) is 11.5 Å². The van der Waals surface area contributed by atoms with Crippen LogP contribution in [0.2, 0.25) is 0 Å². The number of benzene rings is 2. The van der Waals surface area contributed by atoms with Crippen LogP contribution in [0.25, 0.3) is 22.2 Å². The first-order valence-electron chi connectivity index (χ1n) is 9.37. The highest BCUT2D eigenvalue weighted by Gasteiger charge is 2.29. The largest absolute Gasteiger partial charge is 0.441 e. The van der Waals surface area contributed by atoms with Crippen molar-refractivity contribution in [2.45, 2.75) is 32.4 Å². The fraction of sp³-hybridized carbons (Fsp3) is 0.273. The highest BCUT2D eigenvalue weighted by molar-refractivity contribution is 7.09. The molecule has 5 rings (SSSR count). The normalized spacial score (nSPS) is 17.7. The molecular weight excluding hydrogens is 354 g/mol. The minimum absolute atomic E-state index is 0.405. The molecular formula is C22H21N3OS. The van der Waals surface area contributed by atoms with Gasteiger partial charge in [0.05, 0.1) is 11.7 Å². The second-order valence-electron chi connectivity index (χ2n) is 7.05. The molecule has 0 spiro atoms. The number of oxazole rings is 1. The van der Waals surface area contributed by atoms with Crippen LogP contribution in [0.1, 0.15) is 35.3 Å². The third-order valence-electron chi connectivity index (χ3n) is 5.37. The van der Waals surface area contributed by atoms with Gasteiger partial charge in [0.25, 0.3) is 0 Å². The molecule has 0 unspecified atom stereocenters. The van der Waals surface area contributed by atoms with E-state index in [2.05, 4.69) is 57.7 Å². The van der Waals surface area contributed by atoms with Crippen LogP contribution in [0.4, 0.5) is 0 Å². The molecule has 1 aliphatic heterocycles. The van der Waals surface area contributed by atoms with Gasteiger partial charge in [-0.05, 0) is 43.1 Å². The molecule has 0 aliphatic carbocycles. The van der Waals surface area contributed by atoms with Gasteiger partial charge in [0.2, 0.25) is 5.89 Å². The van der Waals surface area contributed by atoms with Crippen LogP contribution >= 0.6 is 11.3 Å². The summed E-state index contributed by atoms with van der Waals surface area (Å²) < 4.78 is 6.09. The fourth-order valence-electron chi connectivity index (χ4n) is 3.99. The maximum Gasteiger partial charge on any atom is 0.227 e. The van der Waals surface area contributed by atoms with Crippen LogP contribution in [0.15, 0.2) is 58.5 Å². The molecule has 2 aromatic heterocycles. The summed E-state index contributed by atoms with van der Waals surface area (Å²) in [5, 5.41) is 5.65. The van der Waals surface area contributed by atoms with Crippen molar-refractivity contribution in [2.75, 3.05) is 6.54 Å². The smallest absolute Gasteiger partial charge is 0.227 e. The van der Waals surface area contributed by atoms with Crippen LogP contribution < -0.4 is 0 Å². The molecule has 136 valence electrons. The molecule has 4 nitrogen and oxygen atoms in total. The van der Waals surface area contributed by atoms with Gasteiger partial charge in [-0.15, -0.1) is 11.3 Å². The summed E-state index contributed by atoms with van der Waals surface area (Å²) in [6.07, 6.45) is 4.27. The Morgan fingerprint density at radius 1 is 1.19 bits per heavy atom. The second-order valence-corrected chi connectivity index (χ2v) is 7.97. The predicted octanol–water partition coefficient (Wildman–Crippen LogP) is 5.60. The van der Waals surface area contributed by atoms with E-state index >= 15 is 0 Å². The van der Waals surface area contributed by atoms with E-state index in [-0.39, 0.29) is 0 Å². The zero-order valence-electron chi connectivity index (χ0n) is 15.3. The minimum atomic E-state index is 0.405. The molecule has 1 atom stereocenters. The molecule has 0 bridgehead atoms. The average molecular weight is 375 g/mol. The SMILES string of the molecule is Cc1oc(-c2cccc3ccccc23)nc1CN1CCC[C@@H]1c1nccs1. The topological polar surface area (TPSA) is 42.2 Å². The first-order chi connectivity index (χ1) is 13.3. The Balaban J connectivity index is 1.46. The molecule has 4 aromatic rings. The lowest BCUT2D eigenvalue weighted by atomic mass is 10.0. The third-order valence-corrected chi connectivity index (χ3v) is 6.24. The van der Waals surface area contributed by atoms with Gasteiger partial charge in [-0.1, -0.05) is 36.4 Å². The van der Waals surface area contributed by atoms with Gasteiger partial charge in [0, 0.05) is 23.7 Å². The number of likely N-dealkylation sites (tertiary alicyclic amines) is 1. The van der Waals surface area contributed by atoms with Crippen LogP contribution in [0, 0.1) is 6.92 Å². The lowest BCUT2D eigenvalue weighted by Gasteiger charge is -2.21. The van der Waals surface area contributed by atoms with E-state index in [4.69, 9.17) is 9.40 Å². The van der Waals surface area contributed by atoms with Crippen molar-refractivity contribution >= 4 is 22.1 Å². The van der Waals surface area contributed by atoms with E-state index in [9.17, 15) is 0 Å². The van der Waals surface area contributed by atoms with Crippen LogP contribution in [0.5, 0.6) is 0 Å². The first kappa shape index (κ1) is 16.7. The summed E-state index contributed by atoms with van der Waals surface area (Å²) in [7, 11) is 0. The molecule has 0 saturated carbocycles. The Labute approximate surface area is 162 Å². The summed E-state index contributed by atoms with van der Waals surface area (Å²) >= 11 is 1.75. The molecule has 1 saturated heterocycles. The van der Waals surface area contributed by atoms with Gasteiger partial charge in [-0.25, -0.2) is 9.97 Å². The molecule has 1 aliphatic rings. The Kier molecular flexibility index (Phi) is 4.26. The number of thiazole rings is 1. The van der Waals surface area contributed by atoms with Crippen molar-refractivity contribution in [1.29, 1.82) is 0 Å². The molecule has 2 aromatic carbocycles. The van der Waals surface area contributed by atoms with Gasteiger partial charge in [0.1, 0.15) is 10.8 Å². The number of nitrogens with zero attached hydrogens (tertiary/aromatic N) is 3. The summed E-state index contributed by atoms with van der Waals surface area (Å²) in [6, 6.07) is 15.1. The maximum absolute atomic E-state index is 6.09. The summed E-state index contributed by atoms with van der Waals surface area (Å²) in [4.78, 5) is 11.9. The van der Waals surface area contributed by atoms with E-state index in [1.54, 1.807) is 11.3 Å². The monoisotopic (exact) mass is 375 g/mol. The number of aryl methyl sites for hydroxylation is 1. The van der Waals surface area contributed by atoms with Crippen LogP contribution in [-0.2, 0) is 6.54 Å². The molecule has 27 heavy (non-hydrogen) atoms. The Hall–Kier alpha value is -2.50.